The number of halogens is 3. The van der Waals surface area contributed by atoms with Gasteiger partial charge in [0.15, 0.2) is 0 Å². The van der Waals surface area contributed by atoms with E-state index in [1.807, 2.05) is 12.1 Å². The molecule has 1 amide bonds. The predicted molar refractivity (Wildman–Crippen MR) is 113 cm³/mol. The van der Waals surface area contributed by atoms with Crippen LogP contribution in [-0.4, -0.2) is 18.1 Å². The largest absolute Gasteiger partial charge is 0.370 e. The zero-order chi connectivity index (χ0) is 20.4. The van der Waals surface area contributed by atoms with E-state index >= 15 is 0 Å². The van der Waals surface area contributed by atoms with Gasteiger partial charge in [-0.1, -0.05) is 54.2 Å². The molecule has 1 saturated carbocycles. The number of ether oxygens (including phenoxy) is 1. The summed E-state index contributed by atoms with van der Waals surface area (Å²) < 4.78 is 19.9. The van der Waals surface area contributed by atoms with Gasteiger partial charge in [0.05, 0.1) is 23.7 Å². The van der Waals surface area contributed by atoms with Crippen LogP contribution in [0.2, 0.25) is 10.0 Å². The van der Waals surface area contributed by atoms with Crippen LogP contribution >= 0.6 is 23.2 Å². The summed E-state index contributed by atoms with van der Waals surface area (Å²) in [4.78, 5) is 12.7. The molecule has 1 N–H and O–H groups in total. The molecule has 0 unspecified atom stereocenters. The Kier molecular flexibility index (Phi) is 6.43. The van der Waals surface area contributed by atoms with Crippen LogP contribution in [0.4, 0.5) is 4.39 Å². The van der Waals surface area contributed by atoms with Crippen molar-refractivity contribution in [3.63, 3.8) is 0 Å². The maximum absolute atomic E-state index is 13.6. The third kappa shape index (κ3) is 4.93. The number of hydrogen-bond donors (Lipinski definition) is 1. The topological polar surface area (TPSA) is 38.3 Å². The fourth-order valence-corrected chi connectivity index (χ4v) is 4.88. The van der Waals surface area contributed by atoms with Crippen molar-refractivity contribution in [3.05, 3.63) is 69.5 Å². The van der Waals surface area contributed by atoms with Gasteiger partial charge in [-0.05, 0) is 54.7 Å². The molecule has 2 fully saturated rings. The molecule has 1 saturated heterocycles. The first-order valence-corrected chi connectivity index (χ1v) is 10.9. The number of rotatable bonds is 4. The van der Waals surface area contributed by atoms with E-state index in [-0.39, 0.29) is 29.2 Å². The first-order chi connectivity index (χ1) is 14.0. The van der Waals surface area contributed by atoms with Crippen molar-refractivity contribution in [2.45, 2.75) is 56.8 Å². The van der Waals surface area contributed by atoms with Crippen LogP contribution in [0.1, 0.15) is 49.3 Å². The van der Waals surface area contributed by atoms with Crippen molar-refractivity contribution in [2.24, 2.45) is 5.92 Å². The highest BCUT2D eigenvalue weighted by atomic mass is 35.5. The Morgan fingerprint density at radius 2 is 1.86 bits per heavy atom. The second-order valence-electron chi connectivity index (χ2n) is 8.00. The predicted octanol–water partition coefficient (Wildman–Crippen LogP) is 5.88. The van der Waals surface area contributed by atoms with E-state index in [2.05, 4.69) is 5.32 Å². The van der Waals surface area contributed by atoms with Crippen LogP contribution in [0.15, 0.2) is 42.5 Å². The summed E-state index contributed by atoms with van der Waals surface area (Å²) in [7, 11) is 0. The van der Waals surface area contributed by atoms with Crippen LogP contribution in [0.25, 0.3) is 0 Å². The Bertz CT molecular complexity index is 874. The van der Waals surface area contributed by atoms with Gasteiger partial charge in [-0.3, -0.25) is 4.79 Å². The summed E-state index contributed by atoms with van der Waals surface area (Å²) in [5.41, 5.74) is 1.79. The fraction of sp³-hybridized carbons (Fsp3) is 0.435. The second-order valence-corrected chi connectivity index (χ2v) is 8.84. The van der Waals surface area contributed by atoms with Gasteiger partial charge in [0, 0.05) is 17.0 Å². The second kappa shape index (κ2) is 9.03. The Labute approximate surface area is 180 Å². The summed E-state index contributed by atoms with van der Waals surface area (Å²) in [6.07, 6.45) is 5.20. The Morgan fingerprint density at radius 1 is 1.10 bits per heavy atom. The zero-order valence-electron chi connectivity index (χ0n) is 16.0. The average molecular weight is 436 g/mol. The molecule has 1 aliphatic carbocycles. The van der Waals surface area contributed by atoms with E-state index in [0.717, 1.165) is 36.8 Å². The number of benzene rings is 2. The van der Waals surface area contributed by atoms with Gasteiger partial charge in [0.1, 0.15) is 5.82 Å². The summed E-state index contributed by atoms with van der Waals surface area (Å²) in [6.45, 7) is 0. The molecule has 0 spiro atoms. The Morgan fingerprint density at radius 3 is 2.62 bits per heavy atom. The van der Waals surface area contributed by atoms with Gasteiger partial charge >= 0.3 is 0 Å². The van der Waals surface area contributed by atoms with Gasteiger partial charge in [0.2, 0.25) is 5.91 Å². The minimum absolute atomic E-state index is 0.000524. The molecule has 0 aromatic heterocycles. The van der Waals surface area contributed by atoms with Crippen molar-refractivity contribution in [2.75, 3.05) is 0 Å². The maximum Gasteiger partial charge on any atom is 0.224 e. The van der Waals surface area contributed by atoms with E-state index in [4.69, 9.17) is 27.9 Å². The molecule has 2 aliphatic rings. The van der Waals surface area contributed by atoms with Crippen molar-refractivity contribution >= 4 is 29.1 Å². The molecule has 0 radical (unpaired) electrons. The number of hydrogen-bond acceptors (Lipinski definition) is 2. The van der Waals surface area contributed by atoms with E-state index in [1.54, 1.807) is 24.3 Å². The molecule has 4 atom stereocenters. The molecule has 4 rings (SSSR count). The normalized spacial score (nSPS) is 26.6. The maximum atomic E-state index is 13.6. The lowest BCUT2D eigenvalue weighted by Gasteiger charge is -2.45. The standard InChI is InChI=1S/C23H24Cl2FNO2/c24-16-8-5-14(6-9-16)11-23(28)27-20-13-22(15-7-10-19(26)18(25)12-15)29-21-4-2-1-3-17(20)21/h5-10,12,17,20-22H,1-4,11,13H2,(H,27,28)/t17-,20+,21+,22+/m1/s1. The molecule has 3 nitrogen and oxygen atoms in total. The Balaban J connectivity index is 1.49. The number of carbonyl (C=O) groups excluding carboxylic acids is 1. The highest BCUT2D eigenvalue weighted by Gasteiger charge is 2.41. The first kappa shape index (κ1) is 20.6. The van der Waals surface area contributed by atoms with Crippen molar-refractivity contribution in [1.29, 1.82) is 0 Å². The molecular weight excluding hydrogens is 412 g/mol. The van der Waals surface area contributed by atoms with Gasteiger partial charge in [-0.2, -0.15) is 0 Å². The minimum atomic E-state index is -0.436. The number of nitrogens with one attached hydrogen (secondary N) is 1. The molecule has 2 aromatic carbocycles. The molecule has 29 heavy (non-hydrogen) atoms. The molecule has 0 bridgehead atoms. The highest BCUT2D eigenvalue weighted by Crippen LogP contribution is 2.42. The number of fused-ring (bicyclic) bond motifs is 1. The number of amides is 1. The lowest BCUT2D eigenvalue weighted by atomic mass is 9.76. The summed E-state index contributed by atoms with van der Waals surface area (Å²) >= 11 is 11.9. The average Bonchev–Trinajstić information content (AvgIpc) is 2.71. The molecule has 2 aromatic rings. The van der Waals surface area contributed by atoms with Crippen molar-refractivity contribution in [1.82, 2.24) is 5.32 Å². The smallest absolute Gasteiger partial charge is 0.224 e. The molecule has 154 valence electrons. The molecule has 1 aliphatic heterocycles. The van der Waals surface area contributed by atoms with Crippen LogP contribution in [-0.2, 0) is 16.0 Å². The van der Waals surface area contributed by atoms with Crippen LogP contribution < -0.4 is 5.32 Å². The monoisotopic (exact) mass is 435 g/mol. The summed E-state index contributed by atoms with van der Waals surface area (Å²) in [5, 5.41) is 4.00. The van der Waals surface area contributed by atoms with Crippen LogP contribution in [0.3, 0.4) is 0 Å². The van der Waals surface area contributed by atoms with Crippen molar-refractivity contribution in [3.8, 4) is 0 Å². The van der Waals surface area contributed by atoms with Crippen LogP contribution in [0.5, 0.6) is 0 Å². The first-order valence-electron chi connectivity index (χ1n) is 10.1. The lowest BCUT2D eigenvalue weighted by Crippen LogP contribution is -2.51. The minimum Gasteiger partial charge on any atom is -0.370 e. The van der Waals surface area contributed by atoms with E-state index in [1.165, 1.54) is 6.07 Å². The Hall–Kier alpha value is -1.62. The van der Waals surface area contributed by atoms with Gasteiger partial charge in [-0.25, -0.2) is 4.39 Å². The zero-order valence-corrected chi connectivity index (χ0v) is 17.6. The third-order valence-corrected chi connectivity index (χ3v) is 6.56. The summed E-state index contributed by atoms with van der Waals surface area (Å²) in [6, 6.07) is 12.1. The van der Waals surface area contributed by atoms with Gasteiger partial charge < -0.3 is 10.1 Å². The van der Waals surface area contributed by atoms with E-state index < -0.39 is 5.82 Å². The quantitative estimate of drug-likeness (QED) is 0.650. The van der Waals surface area contributed by atoms with Crippen molar-refractivity contribution < 1.29 is 13.9 Å². The fourth-order valence-electron chi connectivity index (χ4n) is 4.57. The van der Waals surface area contributed by atoms with E-state index in [9.17, 15) is 9.18 Å². The molecular formula is C23H24Cl2FNO2. The SMILES string of the molecule is O=C(Cc1ccc(Cl)cc1)N[C@H]1C[C@@H](c2ccc(F)c(Cl)c2)O[C@H]2CCCC[C@H]12. The summed E-state index contributed by atoms with van der Waals surface area (Å²) in [5.74, 6) is -0.126. The van der Waals surface area contributed by atoms with E-state index in [0.29, 0.717) is 23.8 Å². The molecule has 6 heteroatoms. The van der Waals surface area contributed by atoms with Gasteiger partial charge in [-0.15, -0.1) is 0 Å². The van der Waals surface area contributed by atoms with Crippen LogP contribution in [0, 0.1) is 11.7 Å². The number of carbonyl (C=O) groups is 1. The van der Waals surface area contributed by atoms with Gasteiger partial charge in [0.25, 0.3) is 0 Å². The molecule has 1 heterocycles. The third-order valence-electron chi connectivity index (χ3n) is 6.02. The highest BCUT2D eigenvalue weighted by molar-refractivity contribution is 6.31. The lowest BCUT2D eigenvalue weighted by molar-refractivity contribution is -0.132.